The van der Waals surface area contributed by atoms with Crippen molar-refractivity contribution in [2.45, 2.75) is 40.2 Å². The molecule has 31 heavy (non-hydrogen) atoms. The van der Waals surface area contributed by atoms with E-state index in [1.165, 1.54) is 7.11 Å². The number of amides is 1. The molecule has 1 amide bonds. The first kappa shape index (κ1) is 24.3. The lowest BCUT2D eigenvalue weighted by Gasteiger charge is -2.12. The van der Waals surface area contributed by atoms with Crippen molar-refractivity contribution in [3.05, 3.63) is 46.3 Å². The molecule has 0 aliphatic heterocycles. The minimum atomic E-state index is -0.481. The van der Waals surface area contributed by atoms with Crippen LogP contribution in [0.15, 0.2) is 18.2 Å². The summed E-state index contributed by atoms with van der Waals surface area (Å²) in [6.07, 6.45) is 2.02. The third-order valence-corrected chi connectivity index (χ3v) is 4.83. The van der Waals surface area contributed by atoms with E-state index in [2.05, 4.69) is 17.2 Å². The molecule has 0 aliphatic carbocycles. The molecule has 0 unspecified atom stereocenters. The van der Waals surface area contributed by atoms with E-state index in [1.54, 1.807) is 21.0 Å². The number of ether oxygens (including phenoxy) is 4. The number of carbonyl (C=O) groups is 2. The molecule has 0 saturated heterocycles. The van der Waals surface area contributed by atoms with Gasteiger partial charge in [-0.3, -0.25) is 4.79 Å². The summed E-state index contributed by atoms with van der Waals surface area (Å²) in [5.41, 5.74) is 2.71. The molecule has 2 N–H and O–H groups in total. The predicted molar refractivity (Wildman–Crippen MR) is 117 cm³/mol. The van der Waals surface area contributed by atoms with Crippen LogP contribution < -0.4 is 14.8 Å². The SMILES string of the molecule is CCCCOc1ccc(CNC(=O)c2[nH]c(C)c(C(=O)OCCOC)c2C)cc1OC. The molecule has 0 saturated carbocycles. The van der Waals surface area contributed by atoms with Crippen LogP contribution in [0.25, 0.3) is 0 Å². The van der Waals surface area contributed by atoms with Gasteiger partial charge in [-0.05, 0) is 43.5 Å². The summed E-state index contributed by atoms with van der Waals surface area (Å²) in [4.78, 5) is 28.0. The highest BCUT2D eigenvalue weighted by molar-refractivity contribution is 6.00. The second kappa shape index (κ2) is 12.0. The summed E-state index contributed by atoms with van der Waals surface area (Å²) in [6.45, 7) is 6.96. The van der Waals surface area contributed by atoms with E-state index in [1.807, 2.05) is 18.2 Å². The van der Waals surface area contributed by atoms with Gasteiger partial charge in [0.25, 0.3) is 5.91 Å². The minimum absolute atomic E-state index is 0.154. The largest absolute Gasteiger partial charge is 0.493 e. The smallest absolute Gasteiger partial charge is 0.340 e. The molecule has 0 atom stereocenters. The maximum atomic E-state index is 12.7. The highest BCUT2D eigenvalue weighted by Gasteiger charge is 2.23. The topological polar surface area (TPSA) is 98.9 Å². The summed E-state index contributed by atoms with van der Waals surface area (Å²) >= 11 is 0. The maximum absolute atomic E-state index is 12.7. The van der Waals surface area contributed by atoms with Crippen molar-refractivity contribution in [2.24, 2.45) is 0 Å². The van der Waals surface area contributed by atoms with Gasteiger partial charge in [-0.2, -0.15) is 0 Å². The predicted octanol–water partition coefficient (Wildman–Crippen LogP) is 3.55. The van der Waals surface area contributed by atoms with Crippen LogP contribution in [0.4, 0.5) is 0 Å². The van der Waals surface area contributed by atoms with Crippen LogP contribution in [-0.2, 0) is 16.0 Å². The molecule has 0 aliphatic rings. The van der Waals surface area contributed by atoms with Crippen molar-refractivity contribution in [2.75, 3.05) is 34.0 Å². The number of hydrogen-bond acceptors (Lipinski definition) is 6. The fourth-order valence-corrected chi connectivity index (χ4v) is 3.11. The first-order valence-corrected chi connectivity index (χ1v) is 10.4. The maximum Gasteiger partial charge on any atom is 0.340 e. The van der Waals surface area contributed by atoms with Gasteiger partial charge in [-0.15, -0.1) is 0 Å². The van der Waals surface area contributed by atoms with Crippen molar-refractivity contribution in [3.8, 4) is 11.5 Å². The third-order valence-electron chi connectivity index (χ3n) is 4.83. The van der Waals surface area contributed by atoms with Gasteiger partial charge < -0.3 is 29.2 Å². The Morgan fingerprint density at radius 3 is 2.52 bits per heavy atom. The second-order valence-corrected chi connectivity index (χ2v) is 7.12. The molecule has 0 spiro atoms. The number of methoxy groups -OCH3 is 2. The minimum Gasteiger partial charge on any atom is -0.493 e. The molecule has 170 valence electrons. The number of esters is 1. The Bertz CT molecular complexity index is 890. The Balaban J connectivity index is 2.04. The van der Waals surface area contributed by atoms with Crippen molar-refractivity contribution in [1.29, 1.82) is 0 Å². The Morgan fingerprint density at radius 1 is 1.06 bits per heavy atom. The molecule has 1 aromatic heterocycles. The average Bonchev–Trinajstić information content (AvgIpc) is 3.06. The lowest BCUT2D eigenvalue weighted by atomic mass is 10.1. The van der Waals surface area contributed by atoms with E-state index in [9.17, 15) is 9.59 Å². The quantitative estimate of drug-likeness (QED) is 0.393. The van der Waals surface area contributed by atoms with Crippen LogP contribution in [0.5, 0.6) is 11.5 Å². The number of rotatable bonds is 12. The van der Waals surface area contributed by atoms with Gasteiger partial charge in [0.1, 0.15) is 12.3 Å². The Labute approximate surface area is 183 Å². The fraction of sp³-hybridized carbons (Fsp3) is 0.478. The van der Waals surface area contributed by atoms with Crippen molar-refractivity contribution >= 4 is 11.9 Å². The van der Waals surface area contributed by atoms with E-state index in [-0.39, 0.29) is 12.5 Å². The highest BCUT2D eigenvalue weighted by Crippen LogP contribution is 2.28. The van der Waals surface area contributed by atoms with Crippen LogP contribution >= 0.6 is 0 Å². The number of unbranched alkanes of at least 4 members (excludes halogenated alkanes) is 1. The molecule has 1 aromatic carbocycles. The van der Waals surface area contributed by atoms with E-state index in [4.69, 9.17) is 18.9 Å². The summed E-state index contributed by atoms with van der Waals surface area (Å²) in [6, 6.07) is 5.57. The highest BCUT2D eigenvalue weighted by atomic mass is 16.6. The van der Waals surface area contributed by atoms with Gasteiger partial charge in [-0.25, -0.2) is 4.79 Å². The molecular weight excluding hydrogens is 400 g/mol. The van der Waals surface area contributed by atoms with E-state index >= 15 is 0 Å². The molecule has 2 aromatic rings. The number of benzene rings is 1. The van der Waals surface area contributed by atoms with Crippen LogP contribution in [0.1, 0.15) is 57.4 Å². The number of nitrogens with one attached hydrogen (secondary N) is 2. The third kappa shape index (κ3) is 6.49. The number of hydrogen-bond donors (Lipinski definition) is 2. The molecule has 1 heterocycles. The Hall–Kier alpha value is -3.00. The average molecular weight is 433 g/mol. The number of aromatic amines is 1. The van der Waals surface area contributed by atoms with Crippen LogP contribution in [0.2, 0.25) is 0 Å². The van der Waals surface area contributed by atoms with E-state index in [0.717, 1.165) is 18.4 Å². The second-order valence-electron chi connectivity index (χ2n) is 7.12. The van der Waals surface area contributed by atoms with E-state index in [0.29, 0.717) is 53.8 Å². The zero-order chi connectivity index (χ0) is 22.8. The first-order valence-electron chi connectivity index (χ1n) is 10.4. The summed E-state index contributed by atoms with van der Waals surface area (Å²) in [5.74, 6) is 0.513. The van der Waals surface area contributed by atoms with Gasteiger partial charge >= 0.3 is 5.97 Å². The number of carbonyl (C=O) groups excluding carboxylic acids is 2. The Kier molecular flexibility index (Phi) is 9.40. The van der Waals surface area contributed by atoms with Crippen molar-refractivity contribution in [1.82, 2.24) is 10.3 Å². The van der Waals surface area contributed by atoms with E-state index < -0.39 is 5.97 Å². The normalized spacial score (nSPS) is 10.6. The molecule has 8 heteroatoms. The number of aryl methyl sites for hydroxylation is 1. The lowest BCUT2D eigenvalue weighted by Crippen LogP contribution is -2.24. The van der Waals surface area contributed by atoms with Crippen molar-refractivity contribution in [3.63, 3.8) is 0 Å². The van der Waals surface area contributed by atoms with Gasteiger partial charge in [0.2, 0.25) is 0 Å². The molecule has 8 nitrogen and oxygen atoms in total. The number of H-pyrrole nitrogens is 1. The van der Waals surface area contributed by atoms with Gasteiger partial charge in [0, 0.05) is 19.3 Å². The summed E-state index contributed by atoms with van der Waals surface area (Å²) < 4.78 is 21.2. The monoisotopic (exact) mass is 432 g/mol. The lowest BCUT2D eigenvalue weighted by molar-refractivity contribution is 0.0386. The molecule has 0 radical (unpaired) electrons. The van der Waals surface area contributed by atoms with Gasteiger partial charge in [0.15, 0.2) is 11.5 Å². The first-order chi connectivity index (χ1) is 14.9. The van der Waals surface area contributed by atoms with Crippen LogP contribution in [-0.4, -0.2) is 50.9 Å². The Morgan fingerprint density at radius 2 is 1.84 bits per heavy atom. The molecule has 0 bridgehead atoms. The van der Waals surface area contributed by atoms with Gasteiger partial charge in [0.05, 0.1) is 25.9 Å². The standard InChI is InChI=1S/C23H32N2O6/c1-6-7-10-30-18-9-8-17(13-19(18)29-5)14-24-22(26)21-15(2)20(16(3)25-21)23(27)31-12-11-28-4/h8-9,13,25H,6-7,10-12,14H2,1-5H3,(H,24,26). The van der Waals surface area contributed by atoms with Crippen LogP contribution in [0, 0.1) is 13.8 Å². The van der Waals surface area contributed by atoms with Crippen LogP contribution in [0.3, 0.4) is 0 Å². The van der Waals surface area contributed by atoms with Crippen molar-refractivity contribution < 1.29 is 28.5 Å². The molecule has 0 fully saturated rings. The molecular formula is C23H32N2O6. The fourth-order valence-electron chi connectivity index (χ4n) is 3.11. The number of aromatic nitrogens is 1. The summed E-state index contributed by atoms with van der Waals surface area (Å²) in [5, 5.41) is 2.87. The zero-order valence-corrected chi connectivity index (χ0v) is 18.9. The summed E-state index contributed by atoms with van der Waals surface area (Å²) in [7, 11) is 3.12. The zero-order valence-electron chi connectivity index (χ0n) is 18.9. The molecule has 2 rings (SSSR count). The van der Waals surface area contributed by atoms with Gasteiger partial charge in [-0.1, -0.05) is 19.4 Å².